The third kappa shape index (κ3) is 2.60. The molecule has 1 heterocycles. The van der Waals surface area contributed by atoms with E-state index in [2.05, 4.69) is 24.3 Å². The first kappa shape index (κ1) is 12.2. The van der Waals surface area contributed by atoms with Crippen molar-refractivity contribution in [1.29, 1.82) is 0 Å². The van der Waals surface area contributed by atoms with Crippen LogP contribution in [-0.2, 0) is 17.6 Å². The molecule has 1 aliphatic heterocycles. The van der Waals surface area contributed by atoms with Crippen LogP contribution in [0.4, 0.5) is 0 Å². The predicted molar refractivity (Wildman–Crippen MR) is 71.6 cm³/mol. The smallest absolute Gasteiger partial charge is 0.0693 e. The first-order chi connectivity index (χ1) is 8.75. The van der Waals surface area contributed by atoms with Crippen molar-refractivity contribution in [3.8, 4) is 0 Å². The Hall–Kier alpha value is -0.860. The first-order valence-electron chi connectivity index (χ1n) is 7.12. The maximum atomic E-state index is 10.8. The van der Waals surface area contributed by atoms with Crippen LogP contribution in [0.1, 0.15) is 36.8 Å². The van der Waals surface area contributed by atoms with Crippen molar-refractivity contribution in [2.75, 3.05) is 13.2 Å². The molecule has 1 fully saturated rings. The minimum Gasteiger partial charge on any atom is -0.390 e. The van der Waals surface area contributed by atoms with E-state index < -0.39 is 5.60 Å². The van der Waals surface area contributed by atoms with Gasteiger partial charge in [0.15, 0.2) is 0 Å². The summed E-state index contributed by atoms with van der Waals surface area (Å²) < 4.78 is 5.40. The highest BCUT2D eigenvalue weighted by molar-refractivity contribution is 5.31. The second kappa shape index (κ2) is 5.02. The molecule has 0 aromatic heterocycles. The maximum absolute atomic E-state index is 10.8. The lowest BCUT2D eigenvalue weighted by Crippen LogP contribution is -2.38. The number of hydrogen-bond donors (Lipinski definition) is 1. The van der Waals surface area contributed by atoms with Crippen LogP contribution in [0.25, 0.3) is 0 Å². The number of rotatable bonds is 2. The molecular weight excluding hydrogens is 224 g/mol. The van der Waals surface area contributed by atoms with Crippen molar-refractivity contribution >= 4 is 0 Å². The molecule has 1 saturated heterocycles. The van der Waals surface area contributed by atoms with Crippen molar-refractivity contribution in [2.45, 2.75) is 44.1 Å². The van der Waals surface area contributed by atoms with Gasteiger partial charge in [-0.15, -0.1) is 0 Å². The highest BCUT2D eigenvalue weighted by Gasteiger charge is 2.34. The molecule has 1 aromatic carbocycles. The molecule has 1 unspecified atom stereocenters. The fourth-order valence-electron chi connectivity index (χ4n) is 3.45. The third-order valence-electron chi connectivity index (χ3n) is 4.51. The van der Waals surface area contributed by atoms with Gasteiger partial charge in [-0.1, -0.05) is 24.3 Å². The monoisotopic (exact) mass is 246 g/mol. The van der Waals surface area contributed by atoms with Gasteiger partial charge in [0.1, 0.15) is 0 Å². The zero-order valence-electron chi connectivity index (χ0n) is 10.9. The Labute approximate surface area is 109 Å². The van der Waals surface area contributed by atoms with Gasteiger partial charge in [0.05, 0.1) is 5.60 Å². The molecule has 18 heavy (non-hydrogen) atoms. The van der Waals surface area contributed by atoms with E-state index in [0.717, 1.165) is 51.7 Å². The Balaban J connectivity index is 1.69. The molecule has 1 aromatic rings. The highest BCUT2D eigenvalue weighted by Crippen LogP contribution is 2.35. The van der Waals surface area contributed by atoms with Gasteiger partial charge >= 0.3 is 0 Å². The molecule has 0 bridgehead atoms. The zero-order valence-corrected chi connectivity index (χ0v) is 10.9. The highest BCUT2D eigenvalue weighted by atomic mass is 16.5. The predicted octanol–water partition coefficient (Wildman–Crippen LogP) is 2.72. The van der Waals surface area contributed by atoms with Crippen LogP contribution in [0.5, 0.6) is 0 Å². The molecule has 0 amide bonds. The summed E-state index contributed by atoms with van der Waals surface area (Å²) in [6.45, 7) is 1.74. The second-order valence-electron chi connectivity index (χ2n) is 5.93. The van der Waals surface area contributed by atoms with Crippen molar-refractivity contribution in [3.63, 3.8) is 0 Å². The zero-order chi connectivity index (χ0) is 12.4. The maximum Gasteiger partial charge on any atom is 0.0693 e. The summed E-state index contributed by atoms with van der Waals surface area (Å²) in [6.07, 6.45) is 5.95. The molecule has 3 rings (SSSR count). The standard InChI is InChI=1S/C16H22O2/c17-16(11-13-6-9-18-10-7-13)8-5-14-3-1-2-4-15(14)12-16/h1-4,13,17H,5-12H2. The lowest BCUT2D eigenvalue weighted by Gasteiger charge is -2.37. The summed E-state index contributed by atoms with van der Waals surface area (Å²) in [5.74, 6) is 0.647. The van der Waals surface area contributed by atoms with Crippen LogP contribution < -0.4 is 0 Å². The minimum absolute atomic E-state index is 0.476. The Morgan fingerprint density at radius 3 is 2.67 bits per heavy atom. The summed E-state index contributed by atoms with van der Waals surface area (Å²) in [5.41, 5.74) is 2.29. The first-order valence-corrected chi connectivity index (χ1v) is 7.12. The summed E-state index contributed by atoms with van der Waals surface area (Å²) in [5, 5.41) is 10.8. The molecule has 0 radical (unpaired) electrons. The van der Waals surface area contributed by atoms with Gasteiger partial charge < -0.3 is 9.84 Å². The summed E-state index contributed by atoms with van der Waals surface area (Å²) in [4.78, 5) is 0. The molecule has 0 saturated carbocycles. The lowest BCUT2D eigenvalue weighted by molar-refractivity contribution is -0.0207. The summed E-state index contributed by atoms with van der Waals surface area (Å²) in [6, 6.07) is 8.55. The van der Waals surface area contributed by atoms with Gasteiger partial charge in [-0.2, -0.15) is 0 Å². The molecular formula is C16H22O2. The SMILES string of the molecule is OC1(CC2CCOCC2)CCc2ccccc2C1. The molecule has 2 nitrogen and oxygen atoms in total. The van der Waals surface area contributed by atoms with E-state index in [4.69, 9.17) is 4.74 Å². The van der Waals surface area contributed by atoms with Crippen molar-refractivity contribution < 1.29 is 9.84 Å². The Kier molecular flexibility index (Phi) is 3.40. The van der Waals surface area contributed by atoms with E-state index in [-0.39, 0.29) is 0 Å². The van der Waals surface area contributed by atoms with Crippen molar-refractivity contribution in [1.82, 2.24) is 0 Å². The van der Waals surface area contributed by atoms with Gasteiger partial charge in [-0.05, 0) is 49.1 Å². The number of aliphatic hydroxyl groups is 1. The lowest BCUT2D eigenvalue weighted by atomic mass is 9.74. The van der Waals surface area contributed by atoms with Gasteiger partial charge in [-0.3, -0.25) is 0 Å². The van der Waals surface area contributed by atoms with Crippen molar-refractivity contribution in [3.05, 3.63) is 35.4 Å². The average Bonchev–Trinajstić information content (AvgIpc) is 2.39. The van der Waals surface area contributed by atoms with Gasteiger partial charge in [0, 0.05) is 19.6 Å². The van der Waals surface area contributed by atoms with E-state index in [9.17, 15) is 5.11 Å². The number of benzene rings is 1. The summed E-state index contributed by atoms with van der Waals surface area (Å²) in [7, 11) is 0. The molecule has 2 aliphatic rings. The number of hydrogen-bond acceptors (Lipinski definition) is 2. The molecule has 98 valence electrons. The molecule has 1 atom stereocenters. The number of aryl methyl sites for hydroxylation is 1. The molecule has 1 aliphatic carbocycles. The van der Waals surface area contributed by atoms with E-state index in [1.807, 2.05) is 0 Å². The van der Waals surface area contributed by atoms with Crippen LogP contribution in [0.2, 0.25) is 0 Å². The summed E-state index contributed by atoms with van der Waals surface area (Å²) >= 11 is 0. The topological polar surface area (TPSA) is 29.5 Å². The van der Waals surface area contributed by atoms with Gasteiger partial charge in [0.2, 0.25) is 0 Å². The molecule has 1 N–H and O–H groups in total. The largest absolute Gasteiger partial charge is 0.390 e. The third-order valence-corrected chi connectivity index (χ3v) is 4.51. The van der Waals surface area contributed by atoms with Crippen LogP contribution in [-0.4, -0.2) is 23.9 Å². The Bertz CT molecular complexity index is 409. The van der Waals surface area contributed by atoms with Crippen LogP contribution >= 0.6 is 0 Å². The van der Waals surface area contributed by atoms with Crippen LogP contribution in [0.3, 0.4) is 0 Å². The van der Waals surface area contributed by atoms with E-state index in [1.165, 1.54) is 11.1 Å². The van der Waals surface area contributed by atoms with Crippen LogP contribution in [0.15, 0.2) is 24.3 Å². The van der Waals surface area contributed by atoms with E-state index in [0.29, 0.717) is 5.92 Å². The fourth-order valence-corrected chi connectivity index (χ4v) is 3.45. The number of fused-ring (bicyclic) bond motifs is 1. The Morgan fingerprint density at radius 1 is 1.17 bits per heavy atom. The fraction of sp³-hybridized carbons (Fsp3) is 0.625. The average molecular weight is 246 g/mol. The Morgan fingerprint density at radius 2 is 1.89 bits per heavy atom. The minimum atomic E-state index is -0.476. The van der Waals surface area contributed by atoms with Crippen molar-refractivity contribution in [2.24, 2.45) is 5.92 Å². The van der Waals surface area contributed by atoms with Gasteiger partial charge in [-0.25, -0.2) is 0 Å². The second-order valence-corrected chi connectivity index (χ2v) is 5.93. The van der Waals surface area contributed by atoms with E-state index >= 15 is 0 Å². The van der Waals surface area contributed by atoms with E-state index in [1.54, 1.807) is 0 Å². The quantitative estimate of drug-likeness (QED) is 0.869. The molecule has 2 heteroatoms. The molecule has 0 spiro atoms. The van der Waals surface area contributed by atoms with Gasteiger partial charge in [0.25, 0.3) is 0 Å². The van der Waals surface area contributed by atoms with Crippen LogP contribution in [0, 0.1) is 5.92 Å². The number of ether oxygens (including phenoxy) is 1. The normalized spacial score (nSPS) is 28.9.